The predicted molar refractivity (Wildman–Crippen MR) is 115 cm³/mol. The first-order valence-electron chi connectivity index (χ1n) is 9.60. The van der Waals surface area contributed by atoms with E-state index in [1.54, 1.807) is 18.7 Å². The highest BCUT2D eigenvalue weighted by molar-refractivity contribution is 8.00. The zero-order chi connectivity index (χ0) is 21.8. The summed E-state index contributed by atoms with van der Waals surface area (Å²) in [5.41, 5.74) is 3.32. The van der Waals surface area contributed by atoms with E-state index in [9.17, 15) is 18.0 Å². The molecule has 1 heterocycles. The van der Waals surface area contributed by atoms with E-state index in [-0.39, 0.29) is 35.8 Å². The number of rotatable bonds is 8. The number of sulfonamides is 1. The van der Waals surface area contributed by atoms with E-state index in [4.69, 9.17) is 0 Å². The fourth-order valence-corrected chi connectivity index (χ4v) is 6.13. The van der Waals surface area contributed by atoms with Crippen molar-refractivity contribution in [2.75, 3.05) is 32.5 Å². The molecule has 29 heavy (non-hydrogen) atoms. The molecule has 1 aromatic carbocycles. The zero-order valence-corrected chi connectivity index (χ0v) is 19.3. The van der Waals surface area contributed by atoms with E-state index in [0.29, 0.717) is 18.0 Å². The van der Waals surface area contributed by atoms with Gasteiger partial charge in [-0.25, -0.2) is 13.1 Å². The molecule has 0 spiro atoms. The van der Waals surface area contributed by atoms with Gasteiger partial charge in [-0.05, 0) is 56.4 Å². The van der Waals surface area contributed by atoms with Crippen LogP contribution in [0.2, 0.25) is 0 Å². The number of hydrogen-bond donors (Lipinski definition) is 1. The molecule has 1 aliphatic rings. The van der Waals surface area contributed by atoms with Gasteiger partial charge >= 0.3 is 5.97 Å². The van der Waals surface area contributed by atoms with Gasteiger partial charge in [0, 0.05) is 31.3 Å². The number of hydrogen-bond acceptors (Lipinski definition) is 6. The third-order valence-corrected chi connectivity index (χ3v) is 8.35. The summed E-state index contributed by atoms with van der Waals surface area (Å²) < 4.78 is 32.9. The molecule has 0 aliphatic carbocycles. The van der Waals surface area contributed by atoms with Crippen molar-refractivity contribution < 1.29 is 22.7 Å². The van der Waals surface area contributed by atoms with Gasteiger partial charge in [-0.3, -0.25) is 9.59 Å². The van der Waals surface area contributed by atoms with Crippen LogP contribution in [0.3, 0.4) is 0 Å². The molecule has 1 unspecified atom stereocenters. The average Bonchev–Trinajstić information content (AvgIpc) is 3.13. The summed E-state index contributed by atoms with van der Waals surface area (Å²) in [6, 6.07) is 1.98. The molecule has 0 bridgehead atoms. The number of amides is 1. The Labute approximate surface area is 177 Å². The quantitative estimate of drug-likeness (QED) is 0.620. The highest BCUT2D eigenvalue weighted by atomic mass is 32.2. The predicted octanol–water partition coefficient (Wildman–Crippen LogP) is 2.10. The van der Waals surface area contributed by atoms with Crippen LogP contribution in [0.15, 0.2) is 11.0 Å². The minimum Gasteiger partial charge on any atom is -0.468 e. The first-order chi connectivity index (χ1) is 13.6. The van der Waals surface area contributed by atoms with Crippen LogP contribution in [-0.2, 0) is 24.3 Å². The van der Waals surface area contributed by atoms with Gasteiger partial charge in [0.2, 0.25) is 15.9 Å². The highest BCUT2D eigenvalue weighted by Gasteiger charge is 2.27. The second-order valence-electron chi connectivity index (χ2n) is 7.37. The third kappa shape index (κ3) is 5.96. The van der Waals surface area contributed by atoms with Crippen LogP contribution in [0.4, 0.5) is 0 Å². The smallest absolute Gasteiger partial charge is 0.315 e. The Morgan fingerprint density at radius 1 is 1.21 bits per heavy atom. The number of likely N-dealkylation sites (tertiary alicyclic amines) is 1. The van der Waals surface area contributed by atoms with E-state index >= 15 is 0 Å². The number of nitrogens with one attached hydrogen (secondary N) is 1. The number of esters is 1. The van der Waals surface area contributed by atoms with Crippen LogP contribution >= 0.6 is 11.8 Å². The van der Waals surface area contributed by atoms with E-state index in [2.05, 4.69) is 9.46 Å². The third-order valence-electron chi connectivity index (χ3n) is 5.36. The maximum absolute atomic E-state index is 12.8. The lowest BCUT2D eigenvalue weighted by atomic mass is 10.0. The molecule has 1 aromatic rings. The monoisotopic (exact) mass is 442 g/mol. The molecule has 0 aromatic heterocycles. The standard InChI is InChI=1S/C20H30N2O5S2/c1-13-10-14(2)16(4)20(15(13)3)29(25,26)21-8-6-18(23)22-9-7-17(11-22)28-12-19(24)27-5/h10,17,21H,6-9,11-12H2,1-5H3. The Morgan fingerprint density at radius 3 is 2.41 bits per heavy atom. The van der Waals surface area contributed by atoms with Crippen molar-refractivity contribution >= 4 is 33.7 Å². The van der Waals surface area contributed by atoms with Crippen LogP contribution in [-0.4, -0.2) is 62.9 Å². The van der Waals surface area contributed by atoms with Gasteiger partial charge in [0.05, 0.1) is 17.8 Å². The first kappa shape index (κ1) is 23.7. The molecule has 2 rings (SSSR count). The molecule has 0 radical (unpaired) electrons. The van der Waals surface area contributed by atoms with Crippen LogP contribution in [0.1, 0.15) is 35.1 Å². The van der Waals surface area contributed by atoms with Crippen molar-refractivity contribution in [3.05, 3.63) is 28.3 Å². The lowest BCUT2D eigenvalue weighted by molar-refractivity contribution is -0.137. The molecule has 1 fully saturated rings. The van der Waals surface area contributed by atoms with Crippen molar-refractivity contribution in [2.24, 2.45) is 0 Å². The molecular weight excluding hydrogens is 412 g/mol. The lowest BCUT2D eigenvalue weighted by Gasteiger charge is -2.18. The maximum Gasteiger partial charge on any atom is 0.315 e. The summed E-state index contributed by atoms with van der Waals surface area (Å²) in [7, 11) is -2.34. The van der Waals surface area contributed by atoms with Crippen molar-refractivity contribution in [3.8, 4) is 0 Å². The van der Waals surface area contributed by atoms with Gasteiger partial charge in [-0.15, -0.1) is 11.8 Å². The van der Waals surface area contributed by atoms with E-state index < -0.39 is 10.0 Å². The van der Waals surface area contributed by atoms with Gasteiger partial charge < -0.3 is 9.64 Å². The molecule has 1 amide bonds. The van der Waals surface area contributed by atoms with Crippen molar-refractivity contribution in [3.63, 3.8) is 0 Å². The summed E-state index contributed by atoms with van der Waals surface area (Å²) in [4.78, 5) is 25.7. The summed E-state index contributed by atoms with van der Waals surface area (Å²) in [5, 5.41) is 0.204. The summed E-state index contributed by atoms with van der Waals surface area (Å²) in [6.07, 6.45) is 0.927. The van der Waals surface area contributed by atoms with Gasteiger partial charge in [-0.1, -0.05) is 6.07 Å². The van der Waals surface area contributed by atoms with E-state index in [0.717, 1.165) is 28.7 Å². The number of aryl methyl sites for hydroxylation is 2. The maximum atomic E-state index is 12.8. The lowest BCUT2D eigenvalue weighted by Crippen LogP contribution is -2.34. The van der Waals surface area contributed by atoms with Gasteiger partial charge in [-0.2, -0.15) is 0 Å². The number of benzene rings is 1. The average molecular weight is 443 g/mol. The molecule has 7 nitrogen and oxygen atoms in total. The Balaban J connectivity index is 1.90. The minimum atomic E-state index is -3.69. The summed E-state index contributed by atoms with van der Waals surface area (Å²) >= 11 is 1.49. The SMILES string of the molecule is COC(=O)CSC1CCN(C(=O)CCNS(=O)(=O)c2c(C)c(C)cc(C)c2C)C1. The molecule has 1 saturated heterocycles. The number of ether oxygens (including phenoxy) is 1. The van der Waals surface area contributed by atoms with E-state index in [1.807, 2.05) is 19.9 Å². The van der Waals surface area contributed by atoms with Crippen molar-refractivity contribution in [1.82, 2.24) is 9.62 Å². The first-order valence-corrected chi connectivity index (χ1v) is 12.1. The summed E-state index contributed by atoms with van der Waals surface area (Å²) in [6.45, 7) is 8.65. The Morgan fingerprint density at radius 2 is 1.83 bits per heavy atom. The fraction of sp³-hybridized carbons (Fsp3) is 0.600. The van der Waals surface area contributed by atoms with Gasteiger partial charge in [0.25, 0.3) is 0 Å². The fourth-order valence-electron chi connectivity index (χ4n) is 3.44. The number of nitrogens with zero attached hydrogens (tertiary/aromatic N) is 1. The second-order valence-corrected chi connectivity index (χ2v) is 10.4. The highest BCUT2D eigenvalue weighted by Crippen LogP contribution is 2.26. The second kappa shape index (κ2) is 9.95. The molecule has 162 valence electrons. The molecule has 1 aliphatic heterocycles. The van der Waals surface area contributed by atoms with Crippen molar-refractivity contribution in [1.29, 1.82) is 0 Å². The Hall–Kier alpha value is -1.58. The normalized spacial score (nSPS) is 16.9. The van der Waals surface area contributed by atoms with Crippen LogP contribution < -0.4 is 4.72 Å². The van der Waals surface area contributed by atoms with Gasteiger partial charge in [0.15, 0.2) is 0 Å². The number of carbonyl (C=O) groups excluding carboxylic acids is 2. The zero-order valence-electron chi connectivity index (χ0n) is 17.7. The Bertz CT molecular complexity index is 857. The largest absolute Gasteiger partial charge is 0.468 e. The number of carbonyl (C=O) groups is 2. The summed E-state index contributed by atoms with van der Waals surface area (Å²) in [5.74, 6) is -0.0775. The van der Waals surface area contributed by atoms with Crippen LogP contribution in [0, 0.1) is 27.7 Å². The molecule has 1 N–H and O–H groups in total. The van der Waals surface area contributed by atoms with Crippen LogP contribution in [0.25, 0.3) is 0 Å². The molecule has 0 saturated carbocycles. The molecule has 9 heteroatoms. The number of thioether (sulfide) groups is 1. The minimum absolute atomic E-state index is 0.0590. The molecular formula is C20H30N2O5S2. The van der Waals surface area contributed by atoms with Gasteiger partial charge in [0.1, 0.15) is 0 Å². The van der Waals surface area contributed by atoms with Crippen molar-refractivity contribution in [2.45, 2.75) is 50.7 Å². The topological polar surface area (TPSA) is 92.8 Å². The van der Waals surface area contributed by atoms with E-state index in [1.165, 1.54) is 18.9 Å². The number of methoxy groups -OCH3 is 1. The molecule has 1 atom stereocenters. The van der Waals surface area contributed by atoms with Crippen LogP contribution in [0.5, 0.6) is 0 Å². The Kier molecular flexibility index (Phi) is 8.13.